The molecule has 1 N–H and O–H groups in total. The highest BCUT2D eigenvalue weighted by Crippen LogP contribution is 2.27. The molecule has 5 heteroatoms. The molecule has 3 rings (SSSR count). The highest BCUT2D eigenvalue weighted by molar-refractivity contribution is 9.10. The van der Waals surface area contributed by atoms with Crippen molar-refractivity contribution in [2.75, 3.05) is 0 Å². The van der Waals surface area contributed by atoms with Gasteiger partial charge in [-0.05, 0) is 34.5 Å². The maximum atomic E-state index is 4.42. The van der Waals surface area contributed by atoms with Gasteiger partial charge in [-0.1, -0.05) is 18.2 Å². The minimum Gasteiger partial charge on any atom is -0.276 e. The van der Waals surface area contributed by atoms with Gasteiger partial charge >= 0.3 is 0 Å². The molecule has 2 aromatic heterocycles. The van der Waals surface area contributed by atoms with Gasteiger partial charge < -0.3 is 0 Å². The van der Waals surface area contributed by atoms with Crippen LogP contribution >= 0.6 is 15.9 Å². The molecule has 1 aromatic carbocycles. The first-order chi connectivity index (χ1) is 8.25. The number of hydrogen-bond acceptors (Lipinski definition) is 3. The molecule has 3 aromatic rings. The third kappa shape index (κ3) is 1.72. The van der Waals surface area contributed by atoms with E-state index in [0.717, 1.165) is 27.9 Å². The number of benzene rings is 1. The normalized spacial score (nSPS) is 10.9. The van der Waals surface area contributed by atoms with E-state index in [9.17, 15) is 0 Å². The Morgan fingerprint density at radius 3 is 2.82 bits per heavy atom. The van der Waals surface area contributed by atoms with Crippen LogP contribution in [0.3, 0.4) is 0 Å². The van der Waals surface area contributed by atoms with Crippen molar-refractivity contribution in [3.05, 3.63) is 40.8 Å². The van der Waals surface area contributed by atoms with Crippen molar-refractivity contribution in [1.29, 1.82) is 0 Å². The Bertz CT molecular complexity index is 676. The molecule has 0 unspecified atom stereocenters. The highest BCUT2D eigenvalue weighted by Gasteiger charge is 2.10. The monoisotopic (exact) mass is 288 g/mol. The first-order valence-electron chi connectivity index (χ1n) is 5.18. The molecular weight excluding hydrogens is 280 g/mol. The average molecular weight is 289 g/mol. The van der Waals surface area contributed by atoms with Crippen molar-refractivity contribution in [1.82, 2.24) is 20.2 Å². The van der Waals surface area contributed by atoms with Gasteiger partial charge in [0.15, 0.2) is 4.73 Å². The Morgan fingerprint density at radius 2 is 2.06 bits per heavy atom. The van der Waals surface area contributed by atoms with Crippen LogP contribution in [0.2, 0.25) is 0 Å². The van der Waals surface area contributed by atoms with Crippen LogP contribution in [0.1, 0.15) is 5.56 Å². The number of halogens is 1. The zero-order chi connectivity index (χ0) is 11.8. The number of aromatic nitrogens is 4. The lowest BCUT2D eigenvalue weighted by Gasteiger charge is -2.06. The fraction of sp³-hybridized carbons (Fsp3) is 0.0833. The standard InChI is InChI=1S/C12H9BrN4/c1-7-3-2-4-8-10(7)15-12(13)16-11(8)9-5-6-14-17-9/h2-6H,1H3,(H,14,17). The highest BCUT2D eigenvalue weighted by atomic mass is 79.9. The van der Waals surface area contributed by atoms with E-state index in [1.807, 2.05) is 31.2 Å². The molecule has 0 saturated heterocycles. The van der Waals surface area contributed by atoms with Crippen molar-refractivity contribution >= 4 is 26.8 Å². The number of aryl methyl sites for hydroxylation is 1. The summed E-state index contributed by atoms with van der Waals surface area (Å²) in [5.74, 6) is 0. The summed E-state index contributed by atoms with van der Waals surface area (Å²) >= 11 is 3.35. The SMILES string of the molecule is Cc1cccc2c(-c3ccn[nH]3)nc(Br)nc12. The lowest BCUT2D eigenvalue weighted by Crippen LogP contribution is -1.93. The smallest absolute Gasteiger partial charge is 0.197 e. The van der Waals surface area contributed by atoms with Crippen molar-refractivity contribution in [2.24, 2.45) is 0 Å². The van der Waals surface area contributed by atoms with E-state index in [2.05, 4.69) is 36.1 Å². The van der Waals surface area contributed by atoms with E-state index in [1.165, 1.54) is 0 Å². The van der Waals surface area contributed by atoms with Crippen LogP contribution in [-0.2, 0) is 0 Å². The molecule has 2 heterocycles. The number of hydrogen-bond donors (Lipinski definition) is 1. The predicted octanol–water partition coefficient (Wildman–Crippen LogP) is 3.09. The number of aromatic amines is 1. The average Bonchev–Trinajstić information content (AvgIpc) is 2.83. The summed E-state index contributed by atoms with van der Waals surface area (Å²) in [5, 5.41) is 7.91. The number of nitrogens with zero attached hydrogens (tertiary/aromatic N) is 3. The molecule has 0 fully saturated rings. The summed E-state index contributed by atoms with van der Waals surface area (Å²) < 4.78 is 0.587. The second kappa shape index (κ2) is 3.92. The van der Waals surface area contributed by atoms with Crippen LogP contribution in [0, 0.1) is 6.92 Å². The van der Waals surface area contributed by atoms with Gasteiger partial charge in [0.05, 0.1) is 11.2 Å². The molecule has 4 nitrogen and oxygen atoms in total. The van der Waals surface area contributed by atoms with Gasteiger partial charge in [0.25, 0.3) is 0 Å². The Hall–Kier alpha value is -1.75. The molecule has 17 heavy (non-hydrogen) atoms. The van der Waals surface area contributed by atoms with Gasteiger partial charge in [0.2, 0.25) is 0 Å². The van der Waals surface area contributed by atoms with Gasteiger partial charge in [-0.3, -0.25) is 5.10 Å². The fourth-order valence-electron chi connectivity index (χ4n) is 1.86. The molecule has 0 aliphatic carbocycles. The maximum absolute atomic E-state index is 4.42. The molecule has 0 spiro atoms. The Kier molecular flexibility index (Phi) is 2.40. The second-order valence-corrected chi connectivity index (χ2v) is 4.49. The third-order valence-electron chi connectivity index (χ3n) is 2.66. The van der Waals surface area contributed by atoms with Crippen molar-refractivity contribution < 1.29 is 0 Å². The summed E-state index contributed by atoms with van der Waals surface area (Å²) in [6.07, 6.45) is 1.72. The molecule has 0 saturated carbocycles. The zero-order valence-corrected chi connectivity index (χ0v) is 10.7. The first-order valence-corrected chi connectivity index (χ1v) is 5.97. The molecule has 0 amide bonds. The zero-order valence-electron chi connectivity index (χ0n) is 9.11. The third-order valence-corrected chi connectivity index (χ3v) is 3.01. The molecule has 0 atom stereocenters. The van der Waals surface area contributed by atoms with Crippen molar-refractivity contribution in [3.8, 4) is 11.4 Å². The Balaban J connectivity index is 2.42. The van der Waals surface area contributed by atoms with Crippen LogP contribution < -0.4 is 0 Å². The van der Waals surface area contributed by atoms with Crippen LogP contribution in [-0.4, -0.2) is 20.2 Å². The fourth-order valence-corrected chi connectivity index (χ4v) is 2.22. The van der Waals surface area contributed by atoms with Crippen molar-refractivity contribution in [3.63, 3.8) is 0 Å². The number of nitrogens with one attached hydrogen (secondary N) is 1. The van der Waals surface area contributed by atoms with E-state index >= 15 is 0 Å². The minimum absolute atomic E-state index is 0.587. The van der Waals surface area contributed by atoms with Gasteiger partial charge in [0, 0.05) is 11.6 Å². The molecule has 84 valence electrons. The summed E-state index contributed by atoms with van der Waals surface area (Å²) in [6, 6.07) is 7.97. The maximum Gasteiger partial charge on any atom is 0.197 e. The first kappa shape index (κ1) is 10.4. The number of para-hydroxylation sites is 1. The van der Waals surface area contributed by atoms with Gasteiger partial charge in [0.1, 0.15) is 5.69 Å². The lowest BCUT2D eigenvalue weighted by molar-refractivity contribution is 1.08. The molecule has 0 radical (unpaired) electrons. The van der Waals surface area contributed by atoms with Crippen LogP contribution in [0.5, 0.6) is 0 Å². The molecular formula is C12H9BrN4. The van der Waals surface area contributed by atoms with E-state index < -0.39 is 0 Å². The van der Waals surface area contributed by atoms with Gasteiger partial charge in [-0.25, -0.2) is 9.97 Å². The Labute approximate surface area is 106 Å². The van der Waals surface area contributed by atoms with E-state index in [-0.39, 0.29) is 0 Å². The molecule has 0 aliphatic heterocycles. The summed E-state index contributed by atoms with van der Waals surface area (Å²) in [4.78, 5) is 8.84. The van der Waals surface area contributed by atoms with Gasteiger partial charge in [-0.2, -0.15) is 5.10 Å². The number of rotatable bonds is 1. The van der Waals surface area contributed by atoms with Crippen LogP contribution in [0.4, 0.5) is 0 Å². The molecule has 0 aliphatic rings. The lowest BCUT2D eigenvalue weighted by atomic mass is 10.1. The number of fused-ring (bicyclic) bond motifs is 1. The minimum atomic E-state index is 0.587. The summed E-state index contributed by atoms with van der Waals surface area (Å²) in [5.41, 5.74) is 3.84. The van der Waals surface area contributed by atoms with E-state index in [0.29, 0.717) is 4.73 Å². The quantitative estimate of drug-likeness (QED) is 0.700. The second-order valence-electron chi connectivity index (χ2n) is 3.78. The van der Waals surface area contributed by atoms with E-state index in [1.54, 1.807) is 6.20 Å². The number of H-pyrrole nitrogens is 1. The van der Waals surface area contributed by atoms with E-state index in [4.69, 9.17) is 0 Å². The van der Waals surface area contributed by atoms with Crippen LogP contribution in [0.25, 0.3) is 22.3 Å². The van der Waals surface area contributed by atoms with Crippen LogP contribution in [0.15, 0.2) is 35.2 Å². The molecule has 0 bridgehead atoms. The topological polar surface area (TPSA) is 54.5 Å². The van der Waals surface area contributed by atoms with Crippen molar-refractivity contribution in [2.45, 2.75) is 6.92 Å². The Morgan fingerprint density at radius 1 is 1.18 bits per heavy atom. The largest absolute Gasteiger partial charge is 0.276 e. The predicted molar refractivity (Wildman–Crippen MR) is 69.6 cm³/mol. The summed E-state index contributed by atoms with van der Waals surface area (Å²) in [7, 11) is 0. The van der Waals surface area contributed by atoms with Gasteiger partial charge in [-0.15, -0.1) is 0 Å². The summed E-state index contributed by atoms with van der Waals surface area (Å²) in [6.45, 7) is 2.04.